The molecule has 5 nitrogen and oxygen atoms in total. The molecule has 1 aliphatic rings. The van der Waals surface area contributed by atoms with Crippen molar-refractivity contribution in [1.82, 2.24) is 20.0 Å². The molecule has 2 aromatic carbocycles. The van der Waals surface area contributed by atoms with Gasteiger partial charge in [0.15, 0.2) is 0 Å². The molecule has 146 valence electrons. The zero-order chi connectivity index (χ0) is 19.2. The second-order valence-electron chi connectivity index (χ2n) is 7.33. The maximum absolute atomic E-state index is 5.56. The first-order chi connectivity index (χ1) is 13.8. The van der Waals surface area contributed by atoms with Crippen LogP contribution in [0.5, 0.6) is 0 Å². The van der Waals surface area contributed by atoms with Gasteiger partial charge in [-0.15, -0.1) is 0 Å². The quantitative estimate of drug-likeness (QED) is 0.687. The number of hydrogen-bond donors (Lipinski definition) is 1. The topological polar surface area (TPSA) is 42.3 Å². The Morgan fingerprint density at radius 3 is 2.61 bits per heavy atom. The van der Waals surface area contributed by atoms with Gasteiger partial charge < -0.3 is 10.1 Å². The molecule has 1 saturated heterocycles. The number of rotatable bonds is 7. The van der Waals surface area contributed by atoms with Crippen LogP contribution in [0.25, 0.3) is 5.69 Å². The summed E-state index contributed by atoms with van der Waals surface area (Å²) in [5.41, 5.74) is 5.05. The van der Waals surface area contributed by atoms with E-state index in [9.17, 15) is 0 Å². The van der Waals surface area contributed by atoms with Crippen LogP contribution in [0, 0.1) is 6.92 Å². The second-order valence-corrected chi connectivity index (χ2v) is 7.33. The van der Waals surface area contributed by atoms with E-state index >= 15 is 0 Å². The van der Waals surface area contributed by atoms with Crippen molar-refractivity contribution in [2.75, 3.05) is 32.8 Å². The second kappa shape index (κ2) is 9.15. The van der Waals surface area contributed by atoms with Crippen LogP contribution in [-0.2, 0) is 11.3 Å². The molecular formula is C23H28N4O. The van der Waals surface area contributed by atoms with Crippen LogP contribution in [0.2, 0.25) is 0 Å². The molecule has 0 bridgehead atoms. The van der Waals surface area contributed by atoms with Crippen LogP contribution in [-0.4, -0.2) is 47.5 Å². The van der Waals surface area contributed by atoms with Gasteiger partial charge in [-0.2, -0.15) is 5.10 Å². The maximum atomic E-state index is 5.56. The average molecular weight is 377 g/mol. The van der Waals surface area contributed by atoms with E-state index in [2.05, 4.69) is 70.8 Å². The molecule has 1 N–H and O–H groups in total. The lowest BCUT2D eigenvalue weighted by Crippen LogP contribution is -2.42. The predicted molar refractivity (Wildman–Crippen MR) is 112 cm³/mol. The number of ether oxygens (including phenoxy) is 1. The average Bonchev–Trinajstić information content (AvgIpc) is 3.27. The first-order valence-corrected chi connectivity index (χ1v) is 9.97. The molecule has 0 amide bonds. The fourth-order valence-corrected chi connectivity index (χ4v) is 3.77. The van der Waals surface area contributed by atoms with Crippen molar-refractivity contribution in [1.29, 1.82) is 0 Å². The molecule has 0 saturated carbocycles. The minimum absolute atomic E-state index is 0.368. The van der Waals surface area contributed by atoms with Gasteiger partial charge in [0.1, 0.15) is 0 Å². The Bertz CT molecular complexity index is 855. The van der Waals surface area contributed by atoms with E-state index in [1.807, 2.05) is 16.9 Å². The van der Waals surface area contributed by atoms with Crippen molar-refractivity contribution in [2.24, 2.45) is 0 Å². The lowest BCUT2D eigenvalue weighted by Gasteiger charge is -2.35. The summed E-state index contributed by atoms with van der Waals surface area (Å²) in [7, 11) is 0. The first kappa shape index (κ1) is 18.9. The lowest BCUT2D eigenvalue weighted by molar-refractivity contribution is 0.0161. The summed E-state index contributed by atoms with van der Waals surface area (Å²) in [4.78, 5) is 2.53. The van der Waals surface area contributed by atoms with Crippen molar-refractivity contribution in [3.8, 4) is 5.69 Å². The number of nitrogens with one attached hydrogen (secondary N) is 1. The number of nitrogens with zero attached hydrogens (tertiary/aromatic N) is 3. The molecule has 1 atom stereocenters. The Hall–Kier alpha value is -2.47. The highest BCUT2D eigenvalue weighted by molar-refractivity contribution is 5.33. The largest absolute Gasteiger partial charge is 0.379 e. The van der Waals surface area contributed by atoms with Crippen LogP contribution < -0.4 is 5.32 Å². The van der Waals surface area contributed by atoms with E-state index < -0.39 is 0 Å². The molecule has 1 fully saturated rings. The number of aromatic nitrogens is 2. The van der Waals surface area contributed by atoms with Crippen LogP contribution >= 0.6 is 0 Å². The van der Waals surface area contributed by atoms with Gasteiger partial charge in [-0.1, -0.05) is 42.0 Å². The van der Waals surface area contributed by atoms with Crippen molar-refractivity contribution in [3.05, 3.63) is 83.7 Å². The molecule has 3 aromatic rings. The molecule has 2 heterocycles. The van der Waals surface area contributed by atoms with Gasteiger partial charge in [-0.3, -0.25) is 4.90 Å². The minimum Gasteiger partial charge on any atom is -0.379 e. The van der Waals surface area contributed by atoms with E-state index in [1.54, 1.807) is 6.20 Å². The Kier molecular flexibility index (Phi) is 6.17. The van der Waals surface area contributed by atoms with E-state index in [1.165, 1.54) is 16.7 Å². The molecule has 4 rings (SSSR count). The van der Waals surface area contributed by atoms with Gasteiger partial charge >= 0.3 is 0 Å². The summed E-state index contributed by atoms with van der Waals surface area (Å²) in [5.74, 6) is 0. The Labute approximate surface area is 166 Å². The Morgan fingerprint density at radius 2 is 1.89 bits per heavy atom. The van der Waals surface area contributed by atoms with E-state index in [-0.39, 0.29) is 0 Å². The number of hydrogen-bond acceptors (Lipinski definition) is 4. The zero-order valence-electron chi connectivity index (χ0n) is 16.4. The fourth-order valence-electron chi connectivity index (χ4n) is 3.77. The highest BCUT2D eigenvalue weighted by Crippen LogP contribution is 2.22. The fraction of sp³-hybridized carbons (Fsp3) is 0.348. The summed E-state index contributed by atoms with van der Waals surface area (Å²) in [6, 6.07) is 19.7. The van der Waals surface area contributed by atoms with Crippen LogP contribution in [0.15, 0.2) is 67.0 Å². The maximum Gasteiger partial charge on any atom is 0.0645 e. The summed E-state index contributed by atoms with van der Waals surface area (Å²) in [6.07, 6.45) is 3.76. The van der Waals surface area contributed by atoms with Crippen molar-refractivity contribution >= 4 is 0 Å². The Morgan fingerprint density at radius 1 is 1.07 bits per heavy atom. The highest BCUT2D eigenvalue weighted by atomic mass is 16.5. The normalized spacial score (nSPS) is 16.2. The van der Waals surface area contributed by atoms with Gasteiger partial charge in [0, 0.05) is 44.6 Å². The smallest absolute Gasteiger partial charge is 0.0645 e. The molecular weight excluding hydrogens is 348 g/mol. The number of morpholine rings is 1. The SMILES string of the molecule is Cc1cccc([C@@H](CNCc2ccc(-n3cccn3)cc2)N2CCOCC2)c1. The third kappa shape index (κ3) is 4.68. The Balaban J connectivity index is 1.40. The molecule has 0 spiro atoms. The monoisotopic (exact) mass is 376 g/mol. The van der Waals surface area contributed by atoms with E-state index in [0.29, 0.717) is 6.04 Å². The lowest BCUT2D eigenvalue weighted by atomic mass is 10.0. The van der Waals surface area contributed by atoms with Gasteiger partial charge in [-0.25, -0.2) is 4.68 Å². The number of benzene rings is 2. The summed E-state index contributed by atoms with van der Waals surface area (Å²) in [5, 5.41) is 7.95. The molecule has 0 aliphatic carbocycles. The van der Waals surface area contributed by atoms with Crippen LogP contribution in [0.3, 0.4) is 0 Å². The minimum atomic E-state index is 0.368. The summed E-state index contributed by atoms with van der Waals surface area (Å²) in [6.45, 7) is 7.54. The van der Waals surface area contributed by atoms with Crippen molar-refractivity contribution in [3.63, 3.8) is 0 Å². The third-order valence-electron chi connectivity index (χ3n) is 5.29. The van der Waals surface area contributed by atoms with Gasteiger partial charge in [0.2, 0.25) is 0 Å². The van der Waals surface area contributed by atoms with Gasteiger partial charge in [0.25, 0.3) is 0 Å². The molecule has 5 heteroatoms. The zero-order valence-corrected chi connectivity index (χ0v) is 16.4. The van der Waals surface area contributed by atoms with E-state index in [4.69, 9.17) is 4.74 Å². The third-order valence-corrected chi connectivity index (χ3v) is 5.29. The molecule has 0 radical (unpaired) electrons. The molecule has 1 aromatic heterocycles. The van der Waals surface area contributed by atoms with E-state index in [0.717, 1.165) is 45.1 Å². The van der Waals surface area contributed by atoms with Gasteiger partial charge in [-0.05, 0) is 36.2 Å². The first-order valence-electron chi connectivity index (χ1n) is 9.97. The van der Waals surface area contributed by atoms with Crippen LogP contribution in [0.1, 0.15) is 22.7 Å². The molecule has 28 heavy (non-hydrogen) atoms. The van der Waals surface area contributed by atoms with Crippen LogP contribution in [0.4, 0.5) is 0 Å². The van der Waals surface area contributed by atoms with Gasteiger partial charge in [0.05, 0.1) is 18.9 Å². The molecule has 1 aliphatic heterocycles. The van der Waals surface area contributed by atoms with Crippen molar-refractivity contribution < 1.29 is 4.74 Å². The standard InChI is InChI=1S/C23H28N4O/c1-19-4-2-5-21(16-19)23(26-12-14-28-15-13-26)18-24-17-20-6-8-22(9-7-20)27-11-3-10-25-27/h2-11,16,23-24H,12-15,17-18H2,1H3/t23-/m1/s1. The predicted octanol–water partition coefficient (Wildman–Crippen LogP) is 3.34. The summed E-state index contributed by atoms with van der Waals surface area (Å²) >= 11 is 0. The highest BCUT2D eigenvalue weighted by Gasteiger charge is 2.22. The number of aryl methyl sites for hydroxylation is 1. The molecule has 0 unspecified atom stereocenters. The van der Waals surface area contributed by atoms with Crippen molar-refractivity contribution in [2.45, 2.75) is 19.5 Å². The summed E-state index contributed by atoms with van der Waals surface area (Å²) < 4.78 is 7.43.